The molecule has 0 spiro atoms. The van der Waals surface area contributed by atoms with Gasteiger partial charge in [-0.1, -0.05) is 71.7 Å². The topological polar surface area (TPSA) is 64.4 Å². The smallest absolute Gasteiger partial charge is 0.274 e. The minimum atomic E-state index is -0.977. The third-order valence-corrected chi connectivity index (χ3v) is 5.17. The second kappa shape index (κ2) is 8.88. The lowest BCUT2D eigenvalue weighted by molar-refractivity contribution is 0.0883. The number of hydrogen-bond donors (Lipinski definition) is 1. The van der Waals surface area contributed by atoms with Crippen molar-refractivity contribution < 1.29 is 9.84 Å². The van der Waals surface area contributed by atoms with Crippen LogP contribution in [0.25, 0.3) is 22.0 Å². The zero-order valence-corrected chi connectivity index (χ0v) is 17.3. The van der Waals surface area contributed by atoms with Gasteiger partial charge in [-0.15, -0.1) is 0 Å². The molecule has 1 N–H and O–H groups in total. The molecule has 4 rings (SSSR count). The number of aliphatic hydroxyl groups is 1. The van der Waals surface area contributed by atoms with E-state index in [1.54, 1.807) is 24.3 Å². The molecule has 5 nitrogen and oxygen atoms in total. The van der Waals surface area contributed by atoms with Crippen LogP contribution in [0.5, 0.6) is 5.75 Å². The van der Waals surface area contributed by atoms with Crippen molar-refractivity contribution in [3.8, 4) is 17.0 Å². The zero-order chi connectivity index (χ0) is 21.1. The van der Waals surface area contributed by atoms with Crippen LogP contribution in [-0.4, -0.2) is 27.6 Å². The molecule has 1 unspecified atom stereocenters. The maximum absolute atomic E-state index is 12.9. The fraction of sp³-hybridized carbons (Fsp3) is 0.130. The van der Waals surface area contributed by atoms with Crippen molar-refractivity contribution in [1.29, 1.82) is 0 Å². The third-order valence-electron chi connectivity index (χ3n) is 4.62. The van der Waals surface area contributed by atoms with Crippen LogP contribution in [-0.2, 0) is 6.54 Å². The Morgan fingerprint density at radius 3 is 2.43 bits per heavy atom. The molecule has 0 fully saturated rings. The van der Waals surface area contributed by atoms with Gasteiger partial charge in [-0.25, -0.2) is 4.68 Å². The summed E-state index contributed by atoms with van der Waals surface area (Å²) in [5, 5.41) is 17.2. The van der Waals surface area contributed by atoms with E-state index < -0.39 is 6.10 Å². The Hall–Kier alpha value is -2.86. The van der Waals surface area contributed by atoms with E-state index in [2.05, 4.69) is 5.10 Å². The minimum Gasteiger partial charge on any atom is -0.489 e. The molecule has 0 amide bonds. The van der Waals surface area contributed by atoms with Crippen LogP contribution in [0.2, 0.25) is 10.0 Å². The number of halogens is 2. The quantitative estimate of drug-likeness (QED) is 0.467. The van der Waals surface area contributed by atoms with Crippen molar-refractivity contribution in [2.75, 3.05) is 6.61 Å². The summed E-state index contributed by atoms with van der Waals surface area (Å²) >= 11 is 12.0. The molecule has 1 heterocycles. The lowest BCUT2D eigenvalue weighted by atomic mass is 10.1. The summed E-state index contributed by atoms with van der Waals surface area (Å²) in [5.74, 6) is 0.368. The fourth-order valence-corrected chi connectivity index (χ4v) is 3.53. The Morgan fingerprint density at radius 1 is 0.967 bits per heavy atom. The summed E-state index contributed by atoms with van der Waals surface area (Å²) in [6.45, 7) is -0.0939. The van der Waals surface area contributed by atoms with E-state index in [9.17, 15) is 9.90 Å². The number of aliphatic hydroxyl groups excluding tert-OH is 1. The molecule has 7 heteroatoms. The average Bonchev–Trinajstić information content (AvgIpc) is 2.77. The summed E-state index contributed by atoms with van der Waals surface area (Å²) in [5.41, 5.74) is 1.29. The maximum atomic E-state index is 12.9. The number of hydrogen-bond acceptors (Lipinski definition) is 4. The Labute approximate surface area is 183 Å². The molecule has 0 bridgehead atoms. The lowest BCUT2D eigenvalue weighted by Gasteiger charge is -2.16. The van der Waals surface area contributed by atoms with E-state index in [1.165, 1.54) is 4.68 Å². The Kier molecular flexibility index (Phi) is 6.04. The third kappa shape index (κ3) is 4.33. The summed E-state index contributed by atoms with van der Waals surface area (Å²) in [6.07, 6.45) is -0.977. The first-order valence-corrected chi connectivity index (χ1v) is 10.1. The van der Waals surface area contributed by atoms with Crippen LogP contribution < -0.4 is 10.3 Å². The zero-order valence-electron chi connectivity index (χ0n) is 15.8. The number of ether oxygens (including phenoxy) is 1. The Bertz CT molecular complexity index is 1240. The molecule has 0 saturated carbocycles. The molecule has 1 atom stereocenters. The maximum Gasteiger partial charge on any atom is 0.274 e. The first-order chi connectivity index (χ1) is 14.5. The number of nitrogens with zero attached hydrogens (tertiary/aromatic N) is 2. The first kappa shape index (κ1) is 20.4. The molecule has 0 radical (unpaired) electrons. The van der Waals surface area contributed by atoms with Crippen LogP contribution in [0.1, 0.15) is 0 Å². The van der Waals surface area contributed by atoms with E-state index in [0.29, 0.717) is 26.9 Å². The molecule has 3 aromatic carbocycles. The van der Waals surface area contributed by atoms with Gasteiger partial charge in [-0.2, -0.15) is 5.10 Å². The van der Waals surface area contributed by atoms with E-state index >= 15 is 0 Å². The van der Waals surface area contributed by atoms with Crippen LogP contribution in [0.4, 0.5) is 0 Å². The molecular weight excluding hydrogens is 423 g/mol. The van der Waals surface area contributed by atoms with E-state index in [0.717, 1.165) is 10.9 Å². The molecule has 152 valence electrons. The average molecular weight is 441 g/mol. The lowest BCUT2D eigenvalue weighted by Crippen LogP contribution is -2.32. The second-order valence-electron chi connectivity index (χ2n) is 6.79. The molecule has 4 aromatic rings. The van der Waals surface area contributed by atoms with Crippen molar-refractivity contribution in [3.63, 3.8) is 0 Å². The number of fused-ring (bicyclic) bond motifs is 1. The van der Waals surface area contributed by atoms with Crippen LogP contribution in [0.15, 0.2) is 77.6 Å². The second-order valence-corrected chi connectivity index (χ2v) is 7.63. The highest BCUT2D eigenvalue weighted by Crippen LogP contribution is 2.28. The van der Waals surface area contributed by atoms with Crippen LogP contribution in [0.3, 0.4) is 0 Å². The van der Waals surface area contributed by atoms with Gasteiger partial charge in [-0.3, -0.25) is 4.79 Å². The van der Waals surface area contributed by atoms with Crippen molar-refractivity contribution in [2.24, 2.45) is 0 Å². The van der Waals surface area contributed by atoms with Gasteiger partial charge >= 0.3 is 0 Å². The highest BCUT2D eigenvalue weighted by atomic mass is 35.5. The fourth-order valence-electron chi connectivity index (χ4n) is 3.19. The van der Waals surface area contributed by atoms with Crippen LogP contribution >= 0.6 is 23.2 Å². The monoisotopic (exact) mass is 440 g/mol. The summed E-state index contributed by atoms with van der Waals surface area (Å²) in [6, 6.07) is 21.8. The van der Waals surface area contributed by atoms with Gasteiger partial charge in [-0.05, 0) is 18.2 Å². The van der Waals surface area contributed by atoms with Crippen molar-refractivity contribution >= 4 is 34.0 Å². The molecular formula is C23H18Cl2N2O3. The highest BCUT2D eigenvalue weighted by molar-refractivity contribution is 6.34. The number of aromatic nitrogens is 2. The standard InChI is InChI=1S/C23H18Cl2N2O3/c24-16-10-11-20(25)21(12-16)30-14-17(28)13-27-23(29)19-9-5-4-8-18(19)22(26-27)15-6-2-1-3-7-15/h1-12,17,28H,13-14H2. The van der Waals surface area contributed by atoms with Gasteiger partial charge < -0.3 is 9.84 Å². The molecule has 0 aliphatic rings. The number of benzene rings is 3. The van der Waals surface area contributed by atoms with Crippen LogP contribution in [0, 0.1) is 0 Å². The van der Waals surface area contributed by atoms with Crippen molar-refractivity contribution in [3.05, 3.63) is 93.2 Å². The SMILES string of the molecule is O=c1c2ccccc2c(-c2ccccc2)nn1CC(O)COc1cc(Cl)ccc1Cl. The number of rotatable bonds is 6. The predicted octanol–water partition coefficient (Wildman–Crippen LogP) is 4.81. The van der Waals surface area contributed by atoms with E-state index in [-0.39, 0.29) is 18.7 Å². The van der Waals surface area contributed by atoms with Gasteiger partial charge in [0.2, 0.25) is 0 Å². The Balaban J connectivity index is 1.63. The minimum absolute atomic E-state index is 0.0261. The van der Waals surface area contributed by atoms with Gasteiger partial charge in [0.1, 0.15) is 18.5 Å². The summed E-state index contributed by atoms with van der Waals surface area (Å²) in [4.78, 5) is 12.9. The molecule has 0 aliphatic carbocycles. The summed E-state index contributed by atoms with van der Waals surface area (Å²) in [7, 11) is 0. The predicted molar refractivity (Wildman–Crippen MR) is 119 cm³/mol. The molecule has 0 aliphatic heterocycles. The van der Waals surface area contributed by atoms with E-state index in [1.807, 2.05) is 48.5 Å². The normalized spacial score (nSPS) is 12.1. The van der Waals surface area contributed by atoms with Gasteiger partial charge in [0, 0.05) is 22.0 Å². The highest BCUT2D eigenvalue weighted by Gasteiger charge is 2.15. The van der Waals surface area contributed by atoms with Crippen molar-refractivity contribution in [1.82, 2.24) is 9.78 Å². The van der Waals surface area contributed by atoms with Gasteiger partial charge in [0.25, 0.3) is 5.56 Å². The Morgan fingerprint density at radius 2 is 1.67 bits per heavy atom. The van der Waals surface area contributed by atoms with Gasteiger partial charge in [0.15, 0.2) is 0 Å². The van der Waals surface area contributed by atoms with E-state index in [4.69, 9.17) is 27.9 Å². The molecule has 1 aromatic heterocycles. The van der Waals surface area contributed by atoms with Crippen molar-refractivity contribution in [2.45, 2.75) is 12.6 Å². The molecule has 30 heavy (non-hydrogen) atoms. The first-order valence-electron chi connectivity index (χ1n) is 9.34. The molecule has 0 saturated heterocycles. The van der Waals surface area contributed by atoms with Gasteiger partial charge in [0.05, 0.1) is 22.6 Å². The largest absolute Gasteiger partial charge is 0.489 e. The summed E-state index contributed by atoms with van der Waals surface area (Å²) < 4.78 is 6.86.